The smallest absolute Gasteiger partial charge is 0.326 e. The zero-order chi connectivity index (χ0) is 58.7. The van der Waals surface area contributed by atoms with Crippen molar-refractivity contribution in [2.45, 2.75) is 173 Å². The molecular weight excluding hydrogens is 1010 g/mol. The monoisotopic (exact) mass is 1090 g/mol. The molecule has 0 unspecified atom stereocenters. The first-order valence-corrected chi connectivity index (χ1v) is 25.1. The minimum atomic E-state index is -1.81. The molecule has 0 aliphatic carbocycles. The fourth-order valence-electron chi connectivity index (χ4n) is 7.38. The van der Waals surface area contributed by atoms with Crippen LogP contribution in [0.4, 0.5) is 0 Å². The number of primary amides is 2. The lowest BCUT2D eigenvalue weighted by Crippen LogP contribution is -2.60. The number of carboxylic acids is 2. The van der Waals surface area contributed by atoms with E-state index in [1.807, 2.05) is 0 Å². The Balaban J connectivity index is 3.47. The first kappa shape index (κ1) is 67.1. The lowest BCUT2D eigenvalue weighted by atomic mass is 10.0. The highest BCUT2D eigenvalue weighted by Gasteiger charge is 2.36. The van der Waals surface area contributed by atoms with Crippen LogP contribution in [0, 0.1) is 17.8 Å². The number of amides is 10. The third kappa shape index (κ3) is 27.4. The van der Waals surface area contributed by atoms with Crippen molar-refractivity contribution in [2.75, 3.05) is 6.54 Å². The number of guanidine groups is 1. The second kappa shape index (κ2) is 33.9. The summed E-state index contributed by atoms with van der Waals surface area (Å²) >= 11 is 0. The van der Waals surface area contributed by atoms with Gasteiger partial charge in [0.1, 0.15) is 48.3 Å². The summed E-state index contributed by atoms with van der Waals surface area (Å²) < 4.78 is 0. The SMILES string of the molecule is CC(C)C[C@H](NC(=O)[C@H](CC(=O)O)NC(=O)[C@H](CCCN=C(N)N)NC(=O)[C@H](CC(C)C)NC(=O)[C@H](CCC(N)=O)NC(=O)[C@H](C)NC(=O)[C@H](Cc1cnc[nH]1)NC(=O)[C@H](CC(C)C)NC(=O)[C@@H](N)CCC(N)=O)C(=O)O. The zero-order valence-corrected chi connectivity index (χ0v) is 44.6. The highest BCUT2D eigenvalue weighted by atomic mass is 16.4. The van der Waals surface area contributed by atoms with Crippen molar-refractivity contribution in [1.82, 2.24) is 52.5 Å². The van der Waals surface area contributed by atoms with E-state index in [9.17, 15) is 67.7 Å². The van der Waals surface area contributed by atoms with E-state index in [1.165, 1.54) is 19.4 Å². The quantitative estimate of drug-likeness (QED) is 0.0170. The third-order valence-corrected chi connectivity index (χ3v) is 11.3. The van der Waals surface area contributed by atoms with E-state index in [0.29, 0.717) is 5.69 Å². The fourth-order valence-corrected chi connectivity index (χ4v) is 7.38. The molecule has 9 atom stereocenters. The number of aromatic nitrogens is 2. The van der Waals surface area contributed by atoms with Crippen LogP contribution >= 0.6 is 0 Å². The first-order valence-electron chi connectivity index (χ1n) is 25.1. The van der Waals surface area contributed by atoms with Crippen molar-refractivity contribution in [3.05, 3.63) is 18.2 Å². The summed E-state index contributed by atoms with van der Waals surface area (Å²) in [4.78, 5) is 167. The Labute approximate surface area is 445 Å². The number of aromatic amines is 1. The van der Waals surface area contributed by atoms with Gasteiger partial charge in [-0.2, -0.15) is 0 Å². The summed E-state index contributed by atoms with van der Waals surface area (Å²) in [6, 6.07) is -13.0. The molecule has 30 nitrogen and oxygen atoms in total. The number of H-pyrrole nitrogens is 1. The standard InChI is InChI=1S/C47H80N16O14/c1-22(2)15-30(59-39(69)27(48)10-12-35(49)64)44(74)61-32(18-26-20-53-21-55-26)42(72)56-25(7)38(68)57-29(11-13-36(50)65)41(71)60-31(16-23(3)4)43(73)58-28(9-8-14-54-47(51)52)40(70)62-33(19-37(66)67)45(75)63-34(46(76)77)17-24(5)6/h20-25,27-34H,8-19,48H2,1-7H3,(H2,49,64)(H2,50,65)(H,53,55)(H,56,72)(H,57,68)(H,58,73)(H,59,69)(H,60,71)(H,61,74)(H,62,70)(H,63,75)(H,66,67)(H,76,77)(H4,51,52,54)/t25-,27-,28-,29-,30-,31-,32-,33-,34-/m0/s1. The highest BCUT2D eigenvalue weighted by molar-refractivity contribution is 5.98. The largest absolute Gasteiger partial charge is 0.481 e. The van der Waals surface area contributed by atoms with Gasteiger partial charge in [0.25, 0.3) is 0 Å². The minimum Gasteiger partial charge on any atom is -0.481 e. The molecule has 0 spiro atoms. The van der Waals surface area contributed by atoms with Crippen LogP contribution in [-0.2, 0) is 64.0 Å². The number of aliphatic imine (C=N–C) groups is 1. The summed E-state index contributed by atoms with van der Waals surface area (Å²) in [6.07, 6.45) is 0.271. The zero-order valence-electron chi connectivity index (χ0n) is 44.6. The van der Waals surface area contributed by atoms with Crippen molar-refractivity contribution < 1.29 is 67.7 Å². The normalized spacial score (nSPS) is 14.6. The fraction of sp³-hybridized carbons (Fsp3) is 0.660. The van der Waals surface area contributed by atoms with Gasteiger partial charge in [0, 0.05) is 37.7 Å². The maximum Gasteiger partial charge on any atom is 0.326 e. The molecule has 1 aromatic rings. The lowest BCUT2D eigenvalue weighted by molar-refractivity contribution is -0.144. The molecule has 21 N–H and O–H groups in total. The van der Waals surface area contributed by atoms with Crippen LogP contribution in [0.5, 0.6) is 0 Å². The predicted molar refractivity (Wildman–Crippen MR) is 276 cm³/mol. The molecule has 0 aliphatic rings. The molecule has 0 aromatic carbocycles. The van der Waals surface area contributed by atoms with E-state index >= 15 is 0 Å². The van der Waals surface area contributed by atoms with Crippen LogP contribution < -0.4 is 71.2 Å². The van der Waals surface area contributed by atoms with Crippen LogP contribution in [0.2, 0.25) is 0 Å². The van der Waals surface area contributed by atoms with E-state index < -0.39 is 145 Å². The molecule has 0 aliphatic heterocycles. The Hall–Kier alpha value is -7.92. The van der Waals surface area contributed by atoms with Gasteiger partial charge >= 0.3 is 11.9 Å². The Kier molecular flexibility index (Phi) is 29.5. The molecule has 0 fully saturated rings. The van der Waals surface area contributed by atoms with Crippen molar-refractivity contribution in [3.63, 3.8) is 0 Å². The number of hydrogen-bond donors (Lipinski definition) is 16. The Morgan fingerprint density at radius 3 is 1.43 bits per heavy atom. The molecule has 1 heterocycles. The molecular formula is C47H80N16O14. The summed E-state index contributed by atoms with van der Waals surface area (Å²) in [5.41, 5.74) is 27.8. The number of nitrogens with one attached hydrogen (secondary N) is 9. The van der Waals surface area contributed by atoms with E-state index in [4.69, 9.17) is 28.7 Å². The topological polar surface area (TPSA) is 513 Å². The van der Waals surface area contributed by atoms with Crippen LogP contribution in [0.1, 0.15) is 118 Å². The van der Waals surface area contributed by atoms with E-state index in [0.717, 1.165) is 0 Å². The molecule has 0 bridgehead atoms. The molecule has 0 saturated heterocycles. The number of carboxylic acid groups (broad SMARTS) is 2. The average Bonchev–Trinajstić information content (AvgIpc) is 3.83. The van der Waals surface area contributed by atoms with Gasteiger partial charge in [0.05, 0.1) is 18.8 Å². The number of carbonyl (C=O) groups is 12. The number of rotatable bonds is 37. The molecule has 432 valence electrons. The van der Waals surface area contributed by atoms with Gasteiger partial charge in [0.15, 0.2) is 5.96 Å². The second-order valence-electron chi connectivity index (χ2n) is 19.8. The van der Waals surface area contributed by atoms with E-state index in [1.54, 1.807) is 41.5 Å². The molecule has 30 heteroatoms. The number of imidazole rings is 1. The van der Waals surface area contributed by atoms with Crippen molar-refractivity contribution in [1.29, 1.82) is 0 Å². The molecule has 0 saturated carbocycles. The second-order valence-corrected chi connectivity index (χ2v) is 19.8. The maximum absolute atomic E-state index is 14.1. The van der Waals surface area contributed by atoms with Gasteiger partial charge < -0.3 is 86.4 Å². The minimum absolute atomic E-state index is 0.0248. The van der Waals surface area contributed by atoms with Crippen molar-refractivity contribution >= 4 is 77.0 Å². The van der Waals surface area contributed by atoms with Gasteiger partial charge in [-0.15, -0.1) is 0 Å². The number of carbonyl (C=O) groups excluding carboxylic acids is 10. The van der Waals surface area contributed by atoms with Gasteiger partial charge in [-0.25, -0.2) is 9.78 Å². The van der Waals surface area contributed by atoms with Gasteiger partial charge in [-0.05, 0) is 69.6 Å². The summed E-state index contributed by atoms with van der Waals surface area (Å²) in [5, 5.41) is 38.9. The highest BCUT2D eigenvalue weighted by Crippen LogP contribution is 2.12. The van der Waals surface area contributed by atoms with Crippen LogP contribution in [0.25, 0.3) is 0 Å². The van der Waals surface area contributed by atoms with Crippen molar-refractivity contribution in [2.24, 2.45) is 51.4 Å². The van der Waals surface area contributed by atoms with Gasteiger partial charge in [-0.3, -0.25) is 57.7 Å². The molecule has 10 amide bonds. The summed E-state index contributed by atoms with van der Waals surface area (Å²) in [6.45, 7) is 11.6. The van der Waals surface area contributed by atoms with E-state index in [-0.39, 0.29) is 81.6 Å². The number of nitrogens with two attached hydrogens (primary N) is 5. The van der Waals surface area contributed by atoms with Gasteiger partial charge in [0.2, 0.25) is 59.1 Å². The lowest BCUT2D eigenvalue weighted by Gasteiger charge is -2.28. The Bertz CT molecular complexity index is 2220. The predicted octanol–water partition coefficient (Wildman–Crippen LogP) is -4.54. The first-order chi connectivity index (χ1) is 35.9. The molecule has 1 aromatic heterocycles. The van der Waals surface area contributed by atoms with Crippen LogP contribution in [0.15, 0.2) is 17.5 Å². The molecule has 1 rings (SSSR count). The van der Waals surface area contributed by atoms with Crippen molar-refractivity contribution in [3.8, 4) is 0 Å². The summed E-state index contributed by atoms with van der Waals surface area (Å²) in [7, 11) is 0. The van der Waals surface area contributed by atoms with Crippen LogP contribution in [-0.4, -0.2) is 158 Å². The number of hydrogen-bond acceptors (Lipinski definition) is 15. The van der Waals surface area contributed by atoms with Crippen LogP contribution in [0.3, 0.4) is 0 Å². The number of nitrogens with zero attached hydrogens (tertiary/aromatic N) is 2. The number of aliphatic carboxylic acids is 2. The molecule has 77 heavy (non-hydrogen) atoms. The third-order valence-electron chi connectivity index (χ3n) is 11.3. The van der Waals surface area contributed by atoms with Gasteiger partial charge in [-0.1, -0.05) is 41.5 Å². The molecule has 0 radical (unpaired) electrons. The Morgan fingerprint density at radius 1 is 0.532 bits per heavy atom. The van der Waals surface area contributed by atoms with E-state index in [2.05, 4.69) is 57.5 Å². The maximum atomic E-state index is 14.1. The summed E-state index contributed by atoms with van der Waals surface area (Å²) in [5.74, 6) is -13.0. The average molecular weight is 1090 g/mol. The Morgan fingerprint density at radius 2 is 0.948 bits per heavy atom.